The summed E-state index contributed by atoms with van der Waals surface area (Å²) in [7, 11) is 0. The normalized spacial score (nSPS) is 17.9. The topological polar surface area (TPSA) is 55.5 Å². The number of aromatic hydroxyl groups is 1. The molecule has 1 aliphatic heterocycles. The van der Waals surface area contributed by atoms with E-state index in [4.69, 9.17) is 10.5 Å². The molecule has 1 aromatic carbocycles. The van der Waals surface area contributed by atoms with E-state index in [1.807, 2.05) is 6.07 Å². The fourth-order valence-corrected chi connectivity index (χ4v) is 4.86. The van der Waals surface area contributed by atoms with Crippen molar-refractivity contribution in [2.45, 2.75) is 18.9 Å². The predicted molar refractivity (Wildman–Crippen MR) is 88.9 cm³/mol. The molecule has 3 N–H and O–H groups in total. The Morgan fingerprint density at radius 1 is 1.21 bits per heavy atom. The molecule has 1 heterocycles. The van der Waals surface area contributed by atoms with E-state index in [-0.39, 0.29) is 24.2 Å². The Kier molecular flexibility index (Phi) is 7.10. The fourth-order valence-electron chi connectivity index (χ4n) is 2.21. The van der Waals surface area contributed by atoms with Crippen molar-refractivity contribution in [2.24, 2.45) is 11.7 Å². The van der Waals surface area contributed by atoms with Gasteiger partial charge >= 0.3 is 0 Å². The van der Waals surface area contributed by atoms with Gasteiger partial charge in [-0.05, 0) is 56.7 Å². The SMILES string of the molecule is Cl.N[C@H](c1c(Br)cc(Br)c(O)c1Br)C1CCOCC1. The molecular weight excluding hydrogens is 465 g/mol. The predicted octanol–water partition coefficient (Wildman–Crippen LogP) is 4.53. The quantitative estimate of drug-likeness (QED) is 0.654. The minimum atomic E-state index is -0.114. The second-order valence-corrected chi connectivity index (χ2v) is 6.89. The molecule has 1 saturated heterocycles. The molecule has 1 fully saturated rings. The first-order valence-electron chi connectivity index (χ1n) is 5.72. The zero-order chi connectivity index (χ0) is 13.3. The van der Waals surface area contributed by atoms with Gasteiger partial charge in [0.05, 0.1) is 8.95 Å². The van der Waals surface area contributed by atoms with Crippen molar-refractivity contribution in [2.75, 3.05) is 13.2 Å². The summed E-state index contributed by atoms with van der Waals surface area (Å²) in [6.45, 7) is 1.52. The highest BCUT2D eigenvalue weighted by Crippen LogP contribution is 2.44. The number of ether oxygens (including phenoxy) is 1. The first-order chi connectivity index (χ1) is 8.52. The van der Waals surface area contributed by atoms with E-state index in [1.165, 1.54) is 0 Å². The Labute approximate surface area is 144 Å². The largest absolute Gasteiger partial charge is 0.506 e. The third-order valence-corrected chi connectivity index (χ3v) is 5.35. The molecule has 2 rings (SSSR count). The van der Waals surface area contributed by atoms with Crippen molar-refractivity contribution >= 4 is 60.2 Å². The number of halogens is 4. The first-order valence-corrected chi connectivity index (χ1v) is 8.10. The lowest BCUT2D eigenvalue weighted by Gasteiger charge is -2.29. The van der Waals surface area contributed by atoms with E-state index in [1.54, 1.807) is 0 Å². The van der Waals surface area contributed by atoms with Crippen LogP contribution in [-0.4, -0.2) is 18.3 Å². The van der Waals surface area contributed by atoms with Gasteiger partial charge in [0.1, 0.15) is 5.75 Å². The van der Waals surface area contributed by atoms with Gasteiger partial charge < -0.3 is 15.6 Å². The Bertz CT molecular complexity index is 453. The minimum absolute atomic E-state index is 0. The average molecular weight is 480 g/mol. The van der Waals surface area contributed by atoms with Gasteiger partial charge in [-0.25, -0.2) is 0 Å². The second kappa shape index (κ2) is 7.61. The fraction of sp³-hybridized carbons (Fsp3) is 0.500. The third kappa shape index (κ3) is 3.86. The van der Waals surface area contributed by atoms with Crippen LogP contribution in [0.15, 0.2) is 19.5 Å². The molecular formula is C12H15Br3ClNO2. The lowest BCUT2D eigenvalue weighted by Crippen LogP contribution is -2.28. The molecule has 3 nitrogen and oxygen atoms in total. The Morgan fingerprint density at radius 2 is 1.79 bits per heavy atom. The van der Waals surface area contributed by atoms with Crippen LogP contribution in [0.2, 0.25) is 0 Å². The third-order valence-electron chi connectivity index (χ3n) is 3.29. The summed E-state index contributed by atoms with van der Waals surface area (Å²) in [6.07, 6.45) is 1.91. The van der Waals surface area contributed by atoms with E-state index < -0.39 is 0 Å². The number of hydrogen-bond acceptors (Lipinski definition) is 3. The van der Waals surface area contributed by atoms with Crippen LogP contribution in [0.4, 0.5) is 0 Å². The molecule has 0 amide bonds. The molecule has 1 aliphatic rings. The molecule has 0 saturated carbocycles. The number of phenolic OH excluding ortho intramolecular Hbond substituents is 1. The Balaban J connectivity index is 0.00000180. The van der Waals surface area contributed by atoms with Crippen LogP contribution in [0.1, 0.15) is 24.4 Å². The van der Waals surface area contributed by atoms with E-state index >= 15 is 0 Å². The molecule has 0 unspecified atom stereocenters. The monoisotopic (exact) mass is 477 g/mol. The summed E-state index contributed by atoms with van der Waals surface area (Å²) >= 11 is 10.3. The van der Waals surface area contributed by atoms with Gasteiger partial charge in [-0.1, -0.05) is 15.9 Å². The molecule has 108 valence electrons. The smallest absolute Gasteiger partial charge is 0.144 e. The van der Waals surface area contributed by atoms with E-state index in [0.29, 0.717) is 14.9 Å². The van der Waals surface area contributed by atoms with Crippen LogP contribution in [0.5, 0.6) is 5.75 Å². The highest BCUT2D eigenvalue weighted by Gasteiger charge is 2.27. The van der Waals surface area contributed by atoms with Crippen LogP contribution in [0.3, 0.4) is 0 Å². The Hall–Kier alpha value is 0.670. The highest BCUT2D eigenvalue weighted by atomic mass is 79.9. The first kappa shape index (κ1) is 17.7. The van der Waals surface area contributed by atoms with Gasteiger partial charge in [-0.15, -0.1) is 12.4 Å². The van der Waals surface area contributed by atoms with E-state index in [9.17, 15) is 5.11 Å². The second-order valence-electron chi connectivity index (χ2n) is 4.39. The zero-order valence-electron chi connectivity index (χ0n) is 10.0. The van der Waals surface area contributed by atoms with Gasteiger partial charge in [0.25, 0.3) is 0 Å². The van der Waals surface area contributed by atoms with Crippen molar-refractivity contribution < 1.29 is 9.84 Å². The average Bonchev–Trinajstić information content (AvgIpc) is 2.37. The van der Waals surface area contributed by atoms with Crippen molar-refractivity contribution in [3.63, 3.8) is 0 Å². The summed E-state index contributed by atoms with van der Waals surface area (Å²) < 4.78 is 7.55. The molecule has 19 heavy (non-hydrogen) atoms. The van der Waals surface area contributed by atoms with Crippen LogP contribution < -0.4 is 5.73 Å². The summed E-state index contributed by atoms with van der Waals surface area (Å²) in [5.74, 6) is 0.572. The van der Waals surface area contributed by atoms with Crippen molar-refractivity contribution in [3.05, 3.63) is 25.0 Å². The number of benzene rings is 1. The van der Waals surface area contributed by atoms with Crippen LogP contribution >= 0.6 is 60.2 Å². The molecule has 1 aromatic rings. The maximum absolute atomic E-state index is 9.96. The molecule has 0 bridgehead atoms. The van der Waals surface area contributed by atoms with E-state index in [0.717, 1.165) is 36.1 Å². The number of phenols is 1. The molecule has 0 radical (unpaired) electrons. The summed E-state index contributed by atoms with van der Waals surface area (Å²) in [6, 6.07) is 1.71. The Morgan fingerprint density at radius 3 is 2.37 bits per heavy atom. The highest BCUT2D eigenvalue weighted by molar-refractivity contribution is 9.11. The van der Waals surface area contributed by atoms with Crippen LogP contribution in [0.25, 0.3) is 0 Å². The number of hydrogen-bond donors (Lipinski definition) is 2. The standard InChI is InChI=1S/C12H14Br3NO2.ClH/c13-7-5-8(14)12(17)10(15)9(7)11(16)6-1-3-18-4-2-6;/h5-6,11,17H,1-4,16H2;1H/t11-;/m0./s1. The van der Waals surface area contributed by atoms with Gasteiger partial charge in [-0.2, -0.15) is 0 Å². The molecule has 0 aliphatic carbocycles. The zero-order valence-corrected chi connectivity index (χ0v) is 15.6. The van der Waals surface area contributed by atoms with Crippen LogP contribution in [0, 0.1) is 5.92 Å². The van der Waals surface area contributed by atoms with Gasteiger partial charge in [0.15, 0.2) is 0 Å². The van der Waals surface area contributed by atoms with Gasteiger partial charge in [0, 0.05) is 29.3 Å². The summed E-state index contributed by atoms with van der Waals surface area (Å²) in [4.78, 5) is 0. The van der Waals surface area contributed by atoms with Gasteiger partial charge in [0.2, 0.25) is 0 Å². The van der Waals surface area contributed by atoms with E-state index in [2.05, 4.69) is 47.8 Å². The molecule has 7 heteroatoms. The minimum Gasteiger partial charge on any atom is -0.506 e. The lowest BCUT2D eigenvalue weighted by atomic mass is 9.88. The maximum atomic E-state index is 9.96. The molecule has 0 aromatic heterocycles. The summed E-state index contributed by atoms with van der Waals surface area (Å²) in [5.41, 5.74) is 7.27. The van der Waals surface area contributed by atoms with Crippen molar-refractivity contribution in [3.8, 4) is 5.75 Å². The molecule has 1 atom stereocenters. The summed E-state index contributed by atoms with van der Waals surface area (Å²) in [5, 5.41) is 9.96. The number of nitrogens with two attached hydrogens (primary N) is 1. The van der Waals surface area contributed by atoms with Crippen molar-refractivity contribution in [1.29, 1.82) is 0 Å². The van der Waals surface area contributed by atoms with Crippen LogP contribution in [-0.2, 0) is 4.74 Å². The van der Waals surface area contributed by atoms with Gasteiger partial charge in [-0.3, -0.25) is 0 Å². The molecule has 0 spiro atoms. The maximum Gasteiger partial charge on any atom is 0.144 e. The lowest BCUT2D eigenvalue weighted by molar-refractivity contribution is 0.0582. The number of rotatable bonds is 2. The van der Waals surface area contributed by atoms with Crippen molar-refractivity contribution in [1.82, 2.24) is 0 Å².